The molecule has 1 aliphatic rings. The zero-order valence-corrected chi connectivity index (χ0v) is 9.03. The van der Waals surface area contributed by atoms with Crippen LogP contribution in [0.3, 0.4) is 0 Å². The van der Waals surface area contributed by atoms with Gasteiger partial charge in [-0.15, -0.1) is 11.3 Å². The molecule has 2 rings (SSSR count). The molecular formula is C10H16N2S. The van der Waals surface area contributed by atoms with E-state index in [1.807, 2.05) is 5.51 Å². The van der Waals surface area contributed by atoms with Gasteiger partial charge in [-0.1, -0.05) is 6.92 Å². The van der Waals surface area contributed by atoms with Gasteiger partial charge in [0.1, 0.15) is 0 Å². The van der Waals surface area contributed by atoms with E-state index < -0.39 is 0 Å². The van der Waals surface area contributed by atoms with Gasteiger partial charge in [0.05, 0.1) is 11.2 Å². The maximum Gasteiger partial charge on any atom is 0.0798 e. The van der Waals surface area contributed by atoms with Gasteiger partial charge in [0, 0.05) is 17.5 Å². The molecule has 0 unspecified atom stereocenters. The third-order valence-electron chi connectivity index (χ3n) is 2.78. The quantitative estimate of drug-likeness (QED) is 0.802. The number of nitrogens with one attached hydrogen (secondary N) is 1. The number of aryl methyl sites for hydroxylation is 1. The van der Waals surface area contributed by atoms with Crippen LogP contribution < -0.4 is 5.32 Å². The predicted molar refractivity (Wildman–Crippen MR) is 55.9 cm³/mol. The maximum absolute atomic E-state index is 4.32. The molecule has 2 nitrogen and oxygen atoms in total. The van der Waals surface area contributed by atoms with Gasteiger partial charge in [-0.3, -0.25) is 0 Å². The number of hydrogen-bond acceptors (Lipinski definition) is 3. The number of aromatic nitrogens is 1. The minimum Gasteiger partial charge on any atom is -0.308 e. The zero-order valence-electron chi connectivity index (χ0n) is 8.21. The van der Waals surface area contributed by atoms with Crippen molar-refractivity contribution in [2.75, 3.05) is 0 Å². The Morgan fingerprint density at radius 3 is 2.92 bits per heavy atom. The van der Waals surface area contributed by atoms with Gasteiger partial charge < -0.3 is 5.32 Å². The highest BCUT2D eigenvalue weighted by atomic mass is 32.1. The van der Waals surface area contributed by atoms with Crippen LogP contribution in [0.2, 0.25) is 0 Å². The topological polar surface area (TPSA) is 24.9 Å². The molecule has 1 saturated carbocycles. The van der Waals surface area contributed by atoms with Gasteiger partial charge in [0.15, 0.2) is 0 Å². The van der Waals surface area contributed by atoms with Crippen LogP contribution in [0.15, 0.2) is 5.51 Å². The molecule has 0 atom stereocenters. The Hall–Kier alpha value is -0.410. The summed E-state index contributed by atoms with van der Waals surface area (Å²) in [5.41, 5.74) is 3.15. The predicted octanol–water partition coefficient (Wildman–Crippen LogP) is 2.34. The molecule has 0 aliphatic heterocycles. The highest BCUT2D eigenvalue weighted by Gasteiger charge is 2.24. The van der Waals surface area contributed by atoms with E-state index in [0.717, 1.165) is 18.5 Å². The second-order valence-corrected chi connectivity index (χ2v) is 5.07. The van der Waals surface area contributed by atoms with Crippen LogP contribution in [-0.2, 0) is 6.54 Å². The Morgan fingerprint density at radius 1 is 1.62 bits per heavy atom. The monoisotopic (exact) mass is 196 g/mol. The van der Waals surface area contributed by atoms with Crippen molar-refractivity contribution in [3.05, 3.63) is 16.1 Å². The van der Waals surface area contributed by atoms with Gasteiger partial charge in [-0.2, -0.15) is 0 Å². The van der Waals surface area contributed by atoms with Crippen LogP contribution in [0.25, 0.3) is 0 Å². The fraction of sp³-hybridized carbons (Fsp3) is 0.700. The number of thiazole rings is 1. The first-order chi connectivity index (χ1) is 6.25. The smallest absolute Gasteiger partial charge is 0.0798 e. The van der Waals surface area contributed by atoms with Crippen molar-refractivity contribution in [2.24, 2.45) is 5.92 Å². The molecule has 1 N–H and O–H groups in total. The second kappa shape index (κ2) is 3.76. The third-order valence-corrected chi connectivity index (χ3v) is 3.58. The molecule has 72 valence electrons. The summed E-state index contributed by atoms with van der Waals surface area (Å²) in [6, 6.07) is 0.746. The molecule has 1 aromatic rings. The van der Waals surface area contributed by atoms with Crippen molar-refractivity contribution < 1.29 is 0 Å². The molecule has 0 radical (unpaired) electrons. The first-order valence-corrected chi connectivity index (χ1v) is 5.76. The zero-order chi connectivity index (χ0) is 9.26. The van der Waals surface area contributed by atoms with Crippen LogP contribution in [0.1, 0.15) is 30.3 Å². The summed E-state index contributed by atoms with van der Waals surface area (Å²) in [7, 11) is 0. The summed E-state index contributed by atoms with van der Waals surface area (Å²) < 4.78 is 0. The van der Waals surface area contributed by atoms with E-state index in [9.17, 15) is 0 Å². The van der Waals surface area contributed by atoms with E-state index in [1.165, 1.54) is 23.4 Å². The summed E-state index contributed by atoms with van der Waals surface area (Å²) in [5, 5.41) is 3.54. The van der Waals surface area contributed by atoms with E-state index in [-0.39, 0.29) is 0 Å². The van der Waals surface area contributed by atoms with Crippen molar-refractivity contribution in [1.29, 1.82) is 0 Å². The molecule has 0 bridgehead atoms. The molecule has 0 amide bonds. The lowest BCUT2D eigenvalue weighted by Crippen LogP contribution is -2.39. The number of hydrogen-bond donors (Lipinski definition) is 1. The summed E-state index contributed by atoms with van der Waals surface area (Å²) in [6.45, 7) is 5.40. The Balaban J connectivity index is 1.77. The van der Waals surface area contributed by atoms with Crippen molar-refractivity contribution in [1.82, 2.24) is 10.3 Å². The SMILES string of the molecule is Cc1scnc1CNC1CC(C)C1. The van der Waals surface area contributed by atoms with Gasteiger partial charge in [-0.05, 0) is 25.7 Å². The largest absolute Gasteiger partial charge is 0.308 e. The highest BCUT2D eigenvalue weighted by molar-refractivity contribution is 7.09. The lowest BCUT2D eigenvalue weighted by atomic mass is 9.82. The van der Waals surface area contributed by atoms with Crippen molar-refractivity contribution in [3.8, 4) is 0 Å². The van der Waals surface area contributed by atoms with Crippen LogP contribution in [0.4, 0.5) is 0 Å². The number of nitrogens with zero attached hydrogens (tertiary/aromatic N) is 1. The van der Waals surface area contributed by atoms with Crippen LogP contribution in [0.5, 0.6) is 0 Å². The average molecular weight is 196 g/mol. The van der Waals surface area contributed by atoms with E-state index in [4.69, 9.17) is 0 Å². The summed E-state index contributed by atoms with van der Waals surface area (Å²) >= 11 is 1.73. The van der Waals surface area contributed by atoms with Crippen molar-refractivity contribution >= 4 is 11.3 Å². The molecule has 1 aromatic heterocycles. The molecule has 1 fully saturated rings. The van der Waals surface area contributed by atoms with E-state index in [0.29, 0.717) is 0 Å². The van der Waals surface area contributed by atoms with Crippen molar-refractivity contribution in [2.45, 2.75) is 39.3 Å². The Labute approximate surface area is 83.4 Å². The molecule has 0 spiro atoms. The summed E-state index contributed by atoms with van der Waals surface area (Å²) in [4.78, 5) is 5.67. The van der Waals surface area contributed by atoms with Gasteiger partial charge in [0.25, 0.3) is 0 Å². The fourth-order valence-corrected chi connectivity index (χ4v) is 2.41. The van der Waals surface area contributed by atoms with E-state index in [1.54, 1.807) is 11.3 Å². The molecule has 13 heavy (non-hydrogen) atoms. The normalized spacial score (nSPS) is 27.2. The average Bonchev–Trinajstić information content (AvgIpc) is 2.43. The Bertz CT molecular complexity index is 276. The molecule has 0 saturated heterocycles. The lowest BCUT2D eigenvalue weighted by molar-refractivity contribution is 0.239. The molecule has 1 heterocycles. The molecule has 0 aromatic carbocycles. The molecule has 3 heteroatoms. The molecular weight excluding hydrogens is 180 g/mol. The third kappa shape index (κ3) is 2.09. The summed E-state index contributed by atoms with van der Waals surface area (Å²) in [6.07, 6.45) is 2.67. The Morgan fingerprint density at radius 2 is 2.38 bits per heavy atom. The Kier molecular flexibility index (Phi) is 2.65. The van der Waals surface area contributed by atoms with Crippen LogP contribution in [-0.4, -0.2) is 11.0 Å². The van der Waals surface area contributed by atoms with Gasteiger partial charge in [0.2, 0.25) is 0 Å². The standard InChI is InChI=1S/C10H16N2S/c1-7-3-9(4-7)11-5-10-8(2)13-6-12-10/h6-7,9,11H,3-5H2,1-2H3. The first kappa shape index (κ1) is 9.16. The fourth-order valence-electron chi connectivity index (χ4n) is 1.81. The van der Waals surface area contributed by atoms with Crippen molar-refractivity contribution in [3.63, 3.8) is 0 Å². The maximum atomic E-state index is 4.32. The first-order valence-electron chi connectivity index (χ1n) is 4.88. The van der Waals surface area contributed by atoms with Crippen LogP contribution in [0, 0.1) is 12.8 Å². The lowest BCUT2D eigenvalue weighted by Gasteiger charge is -2.33. The van der Waals surface area contributed by atoms with Gasteiger partial charge >= 0.3 is 0 Å². The molecule has 1 aliphatic carbocycles. The van der Waals surface area contributed by atoms with Crippen LogP contribution >= 0.6 is 11.3 Å². The minimum absolute atomic E-state index is 0.746. The second-order valence-electron chi connectivity index (χ2n) is 4.01. The van der Waals surface area contributed by atoms with E-state index >= 15 is 0 Å². The number of rotatable bonds is 3. The minimum atomic E-state index is 0.746. The van der Waals surface area contributed by atoms with E-state index in [2.05, 4.69) is 24.1 Å². The highest BCUT2D eigenvalue weighted by Crippen LogP contribution is 2.26. The van der Waals surface area contributed by atoms with Gasteiger partial charge in [-0.25, -0.2) is 4.98 Å². The summed E-state index contributed by atoms with van der Waals surface area (Å²) in [5.74, 6) is 0.925.